The monoisotopic (exact) mass is 390 g/mol. The van der Waals surface area contributed by atoms with Crippen LogP contribution in [-0.2, 0) is 18.4 Å². The zero-order valence-corrected chi connectivity index (χ0v) is 17.7. The molecule has 0 spiro atoms. The number of aromatic nitrogens is 3. The summed E-state index contributed by atoms with van der Waals surface area (Å²) in [5.74, 6) is 0.802. The minimum absolute atomic E-state index is 0.191. The Labute approximate surface area is 173 Å². The van der Waals surface area contributed by atoms with E-state index >= 15 is 0 Å². The topological polar surface area (TPSA) is 67.1 Å². The molecule has 6 heteroatoms. The van der Waals surface area contributed by atoms with E-state index < -0.39 is 0 Å². The van der Waals surface area contributed by atoms with Gasteiger partial charge in [-0.05, 0) is 40.7 Å². The Balaban J connectivity index is 1.45. The highest BCUT2D eigenvalue weighted by Gasteiger charge is 2.12. The molecule has 3 aromatic rings. The Morgan fingerprint density at radius 1 is 0.966 bits per heavy atom. The van der Waals surface area contributed by atoms with E-state index in [1.165, 1.54) is 23.0 Å². The van der Waals surface area contributed by atoms with Crippen molar-refractivity contribution >= 4 is 5.96 Å². The van der Waals surface area contributed by atoms with Gasteiger partial charge < -0.3 is 10.6 Å². The lowest BCUT2D eigenvalue weighted by atomic mass is 9.86. The lowest BCUT2D eigenvalue weighted by Gasteiger charge is -2.19. The fourth-order valence-corrected chi connectivity index (χ4v) is 3.01. The molecule has 0 bridgehead atoms. The third-order valence-electron chi connectivity index (χ3n) is 4.83. The molecular formula is C23H30N6. The summed E-state index contributed by atoms with van der Waals surface area (Å²) in [5.41, 5.74) is 5.04. The van der Waals surface area contributed by atoms with Gasteiger partial charge in [0.25, 0.3) is 0 Å². The Bertz CT molecular complexity index is 904. The van der Waals surface area contributed by atoms with Gasteiger partial charge in [-0.25, -0.2) is 9.67 Å². The third kappa shape index (κ3) is 5.91. The maximum absolute atomic E-state index is 4.31. The van der Waals surface area contributed by atoms with Gasteiger partial charge in [-0.1, -0.05) is 57.2 Å². The number of guanidine groups is 1. The van der Waals surface area contributed by atoms with Gasteiger partial charge in [0.15, 0.2) is 5.96 Å². The molecule has 1 heterocycles. The first-order chi connectivity index (χ1) is 14.0. The molecule has 0 aliphatic rings. The van der Waals surface area contributed by atoms with Crippen LogP contribution in [-0.4, -0.2) is 34.3 Å². The summed E-state index contributed by atoms with van der Waals surface area (Å²) < 4.78 is 1.74. The fraction of sp³-hybridized carbons (Fsp3) is 0.348. The smallest absolute Gasteiger partial charge is 0.191 e. The maximum Gasteiger partial charge on any atom is 0.191 e. The zero-order chi connectivity index (χ0) is 20.7. The minimum atomic E-state index is 0.191. The van der Waals surface area contributed by atoms with Crippen molar-refractivity contribution in [1.29, 1.82) is 0 Å². The summed E-state index contributed by atoms with van der Waals surface area (Å²) in [6, 6.07) is 17.1. The minimum Gasteiger partial charge on any atom is -0.356 e. The number of aliphatic imine (C=N–C) groups is 1. The van der Waals surface area contributed by atoms with Crippen molar-refractivity contribution in [2.24, 2.45) is 4.99 Å². The summed E-state index contributed by atoms with van der Waals surface area (Å²) in [7, 11) is 1.79. The second kappa shape index (κ2) is 9.37. The Morgan fingerprint density at radius 2 is 1.66 bits per heavy atom. The average molecular weight is 391 g/mol. The lowest BCUT2D eigenvalue weighted by molar-refractivity contribution is 0.590. The van der Waals surface area contributed by atoms with Crippen molar-refractivity contribution in [2.75, 3.05) is 13.6 Å². The van der Waals surface area contributed by atoms with Crippen molar-refractivity contribution < 1.29 is 0 Å². The standard InChI is InChI=1S/C23H30N6/c1-23(2,3)20-9-5-18(6-10-20)13-14-26-22(24-4)27-15-19-7-11-21(12-8-19)29-17-25-16-28-29/h5-12,16-17H,13-15H2,1-4H3,(H2,24,26,27). The van der Waals surface area contributed by atoms with E-state index in [1.807, 2.05) is 12.1 Å². The molecule has 0 fully saturated rings. The molecule has 2 aromatic carbocycles. The zero-order valence-electron chi connectivity index (χ0n) is 17.7. The Morgan fingerprint density at radius 3 is 2.24 bits per heavy atom. The molecule has 0 saturated carbocycles. The molecule has 3 rings (SSSR count). The van der Waals surface area contributed by atoms with Gasteiger partial charge in [0.2, 0.25) is 0 Å². The molecule has 1 aromatic heterocycles. The van der Waals surface area contributed by atoms with Gasteiger partial charge in [0.1, 0.15) is 12.7 Å². The van der Waals surface area contributed by atoms with Gasteiger partial charge in [0.05, 0.1) is 5.69 Å². The second-order valence-corrected chi connectivity index (χ2v) is 8.06. The Kier molecular flexibility index (Phi) is 6.65. The van der Waals surface area contributed by atoms with Crippen molar-refractivity contribution in [3.05, 3.63) is 77.9 Å². The summed E-state index contributed by atoms with van der Waals surface area (Å²) in [6.45, 7) is 8.25. The van der Waals surface area contributed by atoms with Gasteiger partial charge in [0, 0.05) is 20.1 Å². The van der Waals surface area contributed by atoms with Gasteiger partial charge >= 0.3 is 0 Å². The number of hydrogen-bond acceptors (Lipinski definition) is 3. The van der Waals surface area contributed by atoms with Crippen LogP contribution in [0.15, 0.2) is 66.2 Å². The van der Waals surface area contributed by atoms with E-state index in [0.717, 1.165) is 24.6 Å². The maximum atomic E-state index is 4.31. The van der Waals surface area contributed by atoms with Crippen LogP contribution in [0.25, 0.3) is 5.69 Å². The van der Waals surface area contributed by atoms with Crippen LogP contribution < -0.4 is 10.6 Å². The predicted octanol–water partition coefficient (Wildman–Crippen LogP) is 3.47. The van der Waals surface area contributed by atoms with Crippen LogP contribution in [0.1, 0.15) is 37.5 Å². The molecule has 0 saturated heterocycles. The molecule has 0 unspecified atom stereocenters. The van der Waals surface area contributed by atoms with E-state index in [4.69, 9.17) is 0 Å². The summed E-state index contributed by atoms with van der Waals surface area (Å²) in [5, 5.41) is 10.9. The number of hydrogen-bond donors (Lipinski definition) is 2. The molecule has 0 aliphatic heterocycles. The van der Waals surface area contributed by atoms with E-state index in [2.05, 4.69) is 82.9 Å². The second-order valence-electron chi connectivity index (χ2n) is 8.06. The van der Waals surface area contributed by atoms with E-state index in [9.17, 15) is 0 Å². The van der Waals surface area contributed by atoms with Crippen LogP contribution in [0.4, 0.5) is 0 Å². The molecule has 6 nitrogen and oxygen atoms in total. The summed E-state index contributed by atoms with van der Waals surface area (Å²) in [6.07, 6.45) is 4.18. The number of nitrogens with zero attached hydrogens (tertiary/aromatic N) is 4. The first-order valence-corrected chi connectivity index (χ1v) is 9.93. The van der Waals surface area contributed by atoms with Crippen molar-refractivity contribution in [3.8, 4) is 5.69 Å². The molecule has 0 amide bonds. The largest absolute Gasteiger partial charge is 0.356 e. The van der Waals surface area contributed by atoms with Crippen molar-refractivity contribution in [2.45, 2.75) is 39.2 Å². The van der Waals surface area contributed by atoms with Crippen molar-refractivity contribution in [3.63, 3.8) is 0 Å². The highest BCUT2D eigenvalue weighted by Crippen LogP contribution is 2.22. The molecular weight excluding hydrogens is 360 g/mol. The highest BCUT2D eigenvalue weighted by molar-refractivity contribution is 5.79. The summed E-state index contributed by atoms with van der Waals surface area (Å²) in [4.78, 5) is 8.28. The molecule has 152 valence electrons. The van der Waals surface area contributed by atoms with Crippen LogP contribution in [0, 0.1) is 0 Å². The molecule has 29 heavy (non-hydrogen) atoms. The van der Waals surface area contributed by atoms with Gasteiger partial charge in [-0.3, -0.25) is 4.99 Å². The van der Waals surface area contributed by atoms with Crippen LogP contribution in [0.2, 0.25) is 0 Å². The first-order valence-electron chi connectivity index (χ1n) is 9.93. The van der Waals surface area contributed by atoms with Crippen molar-refractivity contribution in [1.82, 2.24) is 25.4 Å². The average Bonchev–Trinajstić information content (AvgIpc) is 3.25. The number of nitrogens with one attached hydrogen (secondary N) is 2. The lowest BCUT2D eigenvalue weighted by Crippen LogP contribution is -2.37. The highest BCUT2D eigenvalue weighted by atomic mass is 15.3. The van der Waals surface area contributed by atoms with E-state index in [-0.39, 0.29) is 5.41 Å². The van der Waals surface area contributed by atoms with E-state index in [0.29, 0.717) is 6.54 Å². The quantitative estimate of drug-likeness (QED) is 0.500. The molecule has 0 radical (unpaired) electrons. The van der Waals surface area contributed by atoms with Gasteiger partial charge in [-0.2, -0.15) is 5.10 Å². The number of benzene rings is 2. The van der Waals surface area contributed by atoms with E-state index in [1.54, 1.807) is 18.1 Å². The van der Waals surface area contributed by atoms with Gasteiger partial charge in [-0.15, -0.1) is 0 Å². The third-order valence-corrected chi connectivity index (χ3v) is 4.83. The molecule has 0 atom stereocenters. The first kappa shape index (κ1) is 20.6. The van der Waals surface area contributed by atoms with Crippen LogP contribution >= 0.6 is 0 Å². The Hall–Kier alpha value is -3.15. The SMILES string of the molecule is CN=C(NCCc1ccc(C(C)(C)C)cc1)NCc1ccc(-n2cncn2)cc1. The predicted molar refractivity (Wildman–Crippen MR) is 118 cm³/mol. The molecule has 0 aliphatic carbocycles. The van der Waals surface area contributed by atoms with Crippen LogP contribution in [0.3, 0.4) is 0 Å². The van der Waals surface area contributed by atoms with Crippen LogP contribution in [0.5, 0.6) is 0 Å². The molecule has 2 N–H and O–H groups in total. The normalized spacial score (nSPS) is 12.1. The fourth-order valence-electron chi connectivity index (χ4n) is 3.01. The summed E-state index contributed by atoms with van der Waals surface area (Å²) >= 11 is 0. The number of rotatable bonds is 6.